The molecule has 1 aromatic rings. The highest BCUT2D eigenvalue weighted by molar-refractivity contribution is 6.30. The fourth-order valence-corrected chi connectivity index (χ4v) is 1.57. The van der Waals surface area contributed by atoms with Crippen LogP contribution in [0.2, 0.25) is 5.15 Å². The molecule has 0 saturated heterocycles. The monoisotopic (exact) mass is 214 g/mol. The van der Waals surface area contributed by atoms with Gasteiger partial charge < -0.3 is 10.4 Å². The summed E-state index contributed by atoms with van der Waals surface area (Å²) in [7, 11) is 0. The van der Waals surface area contributed by atoms with Gasteiger partial charge in [-0.25, -0.2) is 4.98 Å². The van der Waals surface area contributed by atoms with Gasteiger partial charge in [0.25, 0.3) is 0 Å². The van der Waals surface area contributed by atoms with Crippen LogP contribution in [0.3, 0.4) is 0 Å². The molecule has 0 bridgehead atoms. The van der Waals surface area contributed by atoms with Crippen molar-refractivity contribution in [3.8, 4) is 0 Å². The zero-order valence-electron chi connectivity index (χ0n) is 8.37. The number of aromatic nitrogens is 1. The van der Waals surface area contributed by atoms with E-state index in [4.69, 9.17) is 16.7 Å². The molecular formula is C10H15ClN2O. The predicted molar refractivity (Wildman–Crippen MR) is 57.3 cm³/mol. The lowest BCUT2D eigenvalue weighted by atomic mass is 10.1. The zero-order valence-corrected chi connectivity index (χ0v) is 9.12. The van der Waals surface area contributed by atoms with Gasteiger partial charge in [0, 0.05) is 23.8 Å². The third-order valence-electron chi connectivity index (χ3n) is 2.06. The van der Waals surface area contributed by atoms with Crippen molar-refractivity contribution < 1.29 is 5.11 Å². The highest BCUT2D eigenvalue weighted by Crippen LogP contribution is 2.19. The molecule has 0 aliphatic heterocycles. The number of aliphatic hydroxyl groups is 1. The summed E-state index contributed by atoms with van der Waals surface area (Å²) < 4.78 is 0. The Morgan fingerprint density at radius 2 is 2.29 bits per heavy atom. The first-order chi connectivity index (χ1) is 6.65. The zero-order chi connectivity index (χ0) is 10.6. The van der Waals surface area contributed by atoms with Gasteiger partial charge in [0.05, 0.1) is 6.61 Å². The van der Waals surface area contributed by atoms with Gasteiger partial charge in [-0.3, -0.25) is 0 Å². The normalized spacial score (nSPS) is 15.1. The smallest absolute Gasteiger partial charge is 0.133 e. The van der Waals surface area contributed by atoms with Gasteiger partial charge in [-0.1, -0.05) is 17.7 Å². The summed E-state index contributed by atoms with van der Waals surface area (Å²) in [4.78, 5) is 4.00. The number of halogens is 1. The van der Waals surface area contributed by atoms with Crippen molar-refractivity contribution in [2.45, 2.75) is 25.9 Å². The van der Waals surface area contributed by atoms with Crippen LogP contribution in [0.5, 0.6) is 0 Å². The minimum absolute atomic E-state index is 0.0567. The second-order valence-corrected chi connectivity index (χ2v) is 3.71. The minimum atomic E-state index is 0.0567. The number of rotatable bonds is 4. The van der Waals surface area contributed by atoms with E-state index in [1.54, 1.807) is 6.20 Å². The van der Waals surface area contributed by atoms with E-state index >= 15 is 0 Å². The largest absolute Gasteiger partial charge is 0.395 e. The van der Waals surface area contributed by atoms with E-state index in [-0.39, 0.29) is 18.7 Å². The molecule has 0 fully saturated rings. The van der Waals surface area contributed by atoms with Crippen molar-refractivity contribution in [1.82, 2.24) is 10.3 Å². The molecule has 1 rings (SSSR count). The van der Waals surface area contributed by atoms with Gasteiger partial charge in [-0.15, -0.1) is 0 Å². The van der Waals surface area contributed by atoms with Crippen LogP contribution in [0, 0.1) is 0 Å². The Hall–Kier alpha value is -0.640. The molecule has 2 N–H and O–H groups in total. The Kier molecular flexibility index (Phi) is 4.32. The van der Waals surface area contributed by atoms with Crippen molar-refractivity contribution in [3.63, 3.8) is 0 Å². The van der Waals surface area contributed by atoms with Gasteiger partial charge in [-0.2, -0.15) is 0 Å². The Bertz CT molecular complexity index is 293. The van der Waals surface area contributed by atoms with Crippen LogP contribution in [-0.4, -0.2) is 22.7 Å². The van der Waals surface area contributed by atoms with Crippen LogP contribution in [0.1, 0.15) is 25.5 Å². The molecule has 0 aromatic carbocycles. The number of aliphatic hydroxyl groups excluding tert-OH is 1. The molecule has 0 aliphatic carbocycles. The van der Waals surface area contributed by atoms with E-state index in [0.29, 0.717) is 5.15 Å². The predicted octanol–water partition coefficient (Wildman–Crippen LogP) is 1.77. The SMILES string of the molecule is CC(N[C@@H](C)CO)c1cccnc1Cl. The van der Waals surface area contributed by atoms with E-state index in [9.17, 15) is 0 Å². The van der Waals surface area contributed by atoms with Crippen LogP contribution in [0.4, 0.5) is 0 Å². The van der Waals surface area contributed by atoms with Crippen LogP contribution >= 0.6 is 11.6 Å². The second kappa shape index (κ2) is 5.29. The maximum absolute atomic E-state index is 8.89. The van der Waals surface area contributed by atoms with E-state index in [1.807, 2.05) is 26.0 Å². The number of pyridine rings is 1. The Labute approximate surface area is 89.1 Å². The second-order valence-electron chi connectivity index (χ2n) is 3.36. The summed E-state index contributed by atoms with van der Waals surface area (Å²) in [6.07, 6.45) is 1.66. The molecule has 78 valence electrons. The van der Waals surface area contributed by atoms with Gasteiger partial charge in [0.2, 0.25) is 0 Å². The molecule has 0 spiro atoms. The highest BCUT2D eigenvalue weighted by Gasteiger charge is 2.11. The summed E-state index contributed by atoms with van der Waals surface area (Å²) in [5.74, 6) is 0. The average Bonchev–Trinajstić information content (AvgIpc) is 2.18. The first-order valence-electron chi connectivity index (χ1n) is 4.62. The van der Waals surface area contributed by atoms with Gasteiger partial charge >= 0.3 is 0 Å². The minimum Gasteiger partial charge on any atom is -0.395 e. The topological polar surface area (TPSA) is 45.1 Å². The standard InChI is InChI=1S/C10H15ClN2O/c1-7(6-14)13-8(2)9-4-3-5-12-10(9)11/h3-5,7-8,13-14H,6H2,1-2H3/t7-,8?/m0/s1. The van der Waals surface area contributed by atoms with E-state index in [0.717, 1.165) is 5.56 Å². The molecule has 14 heavy (non-hydrogen) atoms. The van der Waals surface area contributed by atoms with Crippen LogP contribution < -0.4 is 5.32 Å². The van der Waals surface area contributed by atoms with E-state index < -0.39 is 0 Å². The summed E-state index contributed by atoms with van der Waals surface area (Å²) in [6.45, 7) is 4.03. The summed E-state index contributed by atoms with van der Waals surface area (Å²) >= 11 is 5.93. The molecule has 1 unspecified atom stereocenters. The Morgan fingerprint density at radius 3 is 2.86 bits per heavy atom. The van der Waals surface area contributed by atoms with Crippen LogP contribution in [0.15, 0.2) is 18.3 Å². The average molecular weight is 215 g/mol. The molecule has 0 saturated carbocycles. The third kappa shape index (κ3) is 2.94. The molecule has 0 amide bonds. The first-order valence-corrected chi connectivity index (χ1v) is 5.00. The van der Waals surface area contributed by atoms with Crippen molar-refractivity contribution in [2.24, 2.45) is 0 Å². The van der Waals surface area contributed by atoms with Gasteiger partial charge in [-0.05, 0) is 19.9 Å². The van der Waals surface area contributed by atoms with E-state index in [1.165, 1.54) is 0 Å². The Morgan fingerprint density at radius 1 is 1.57 bits per heavy atom. The summed E-state index contributed by atoms with van der Waals surface area (Å²) in [5, 5.41) is 12.6. The summed E-state index contributed by atoms with van der Waals surface area (Å²) in [5.41, 5.74) is 0.953. The fourth-order valence-electron chi connectivity index (χ4n) is 1.29. The number of hydrogen-bond acceptors (Lipinski definition) is 3. The molecule has 0 aliphatic rings. The van der Waals surface area contributed by atoms with Crippen molar-refractivity contribution in [3.05, 3.63) is 29.0 Å². The summed E-state index contributed by atoms with van der Waals surface area (Å²) in [6, 6.07) is 3.93. The first kappa shape index (κ1) is 11.4. The van der Waals surface area contributed by atoms with Crippen LogP contribution in [0.25, 0.3) is 0 Å². The van der Waals surface area contributed by atoms with Crippen molar-refractivity contribution >= 4 is 11.6 Å². The third-order valence-corrected chi connectivity index (χ3v) is 2.38. The Balaban J connectivity index is 2.69. The number of nitrogens with one attached hydrogen (secondary N) is 1. The maximum Gasteiger partial charge on any atom is 0.133 e. The molecule has 3 nitrogen and oxygen atoms in total. The van der Waals surface area contributed by atoms with Gasteiger partial charge in [0.15, 0.2) is 0 Å². The maximum atomic E-state index is 8.89. The van der Waals surface area contributed by atoms with Gasteiger partial charge in [0.1, 0.15) is 5.15 Å². The van der Waals surface area contributed by atoms with Crippen LogP contribution in [-0.2, 0) is 0 Å². The molecular weight excluding hydrogens is 200 g/mol. The quantitative estimate of drug-likeness (QED) is 0.751. The number of nitrogens with zero attached hydrogens (tertiary/aromatic N) is 1. The fraction of sp³-hybridized carbons (Fsp3) is 0.500. The van der Waals surface area contributed by atoms with E-state index in [2.05, 4.69) is 10.3 Å². The lowest BCUT2D eigenvalue weighted by molar-refractivity contribution is 0.243. The van der Waals surface area contributed by atoms with Crippen molar-refractivity contribution in [2.75, 3.05) is 6.61 Å². The molecule has 1 heterocycles. The molecule has 4 heteroatoms. The lowest BCUT2D eigenvalue weighted by Gasteiger charge is -2.18. The molecule has 2 atom stereocenters. The molecule has 1 aromatic heterocycles. The lowest BCUT2D eigenvalue weighted by Crippen LogP contribution is -2.31. The number of hydrogen-bond donors (Lipinski definition) is 2. The van der Waals surface area contributed by atoms with Crippen molar-refractivity contribution in [1.29, 1.82) is 0 Å². The highest BCUT2D eigenvalue weighted by atomic mass is 35.5. The molecule has 0 radical (unpaired) electrons.